The van der Waals surface area contributed by atoms with Crippen LogP contribution in [0.25, 0.3) is 0 Å². The number of ketones is 1. The van der Waals surface area contributed by atoms with Gasteiger partial charge in [-0.3, -0.25) is 14.4 Å². The summed E-state index contributed by atoms with van der Waals surface area (Å²) in [7, 11) is 0. The molecule has 0 fully saturated rings. The van der Waals surface area contributed by atoms with Crippen molar-refractivity contribution < 1.29 is 19.1 Å². The number of aryl methyl sites for hydroxylation is 1. The van der Waals surface area contributed by atoms with Crippen LogP contribution in [0.4, 0.5) is 5.69 Å². The van der Waals surface area contributed by atoms with Crippen molar-refractivity contribution in [3.05, 3.63) is 58.1 Å². The number of anilines is 1. The molecule has 0 unspecified atom stereocenters. The van der Waals surface area contributed by atoms with Crippen LogP contribution < -0.4 is 5.32 Å². The van der Waals surface area contributed by atoms with E-state index in [4.69, 9.17) is 4.74 Å². The zero-order valence-corrected chi connectivity index (χ0v) is 16.8. The van der Waals surface area contributed by atoms with Gasteiger partial charge < -0.3 is 10.1 Å². The first-order valence-corrected chi connectivity index (χ1v) is 9.58. The predicted molar refractivity (Wildman–Crippen MR) is 106 cm³/mol. The van der Waals surface area contributed by atoms with E-state index >= 15 is 0 Å². The summed E-state index contributed by atoms with van der Waals surface area (Å²) in [5.74, 6) is -0.892. The van der Waals surface area contributed by atoms with Crippen LogP contribution in [-0.2, 0) is 14.3 Å². The number of nitrogens with one attached hydrogen (secondary N) is 1. The molecule has 7 heteroatoms. The number of benzene rings is 2. The van der Waals surface area contributed by atoms with E-state index in [0.717, 1.165) is 14.9 Å². The van der Waals surface area contributed by atoms with Crippen LogP contribution in [0.15, 0.2) is 51.8 Å². The number of rotatable bonds is 7. The Morgan fingerprint density at radius 2 is 1.92 bits per heavy atom. The summed E-state index contributed by atoms with van der Waals surface area (Å²) in [5, 5.41) is 2.60. The number of ether oxygens (including phenoxy) is 1. The zero-order valence-electron chi connectivity index (χ0n) is 14.4. The molecule has 5 nitrogen and oxygen atoms in total. The predicted octanol–water partition coefficient (Wildman–Crippen LogP) is 4.23. The highest BCUT2D eigenvalue weighted by molar-refractivity contribution is 9.10. The lowest BCUT2D eigenvalue weighted by Crippen LogP contribution is -2.21. The number of thioether (sulfide) groups is 1. The van der Waals surface area contributed by atoms with Crippen LogP contribution in [0.1, 0.15) is 22.8 Å². The summed E-state index contributed by atoms with van der Waals surface area (Å²) in [6.45, 7) is 3.04. The molecule has 0 atom stereocenters. The van der Waals surface area contributed by atoms with Gasteiger partial charge in [-0.25, -0.2) is 0 Å². The smallest absolute Gasteiger partial charge is 0.316 e. The maximum absolute atomic E-state index is 11.9. The van der Waals surface area contributed by atoms with Gasteiger partial charge in [-0.2, -0.15) is 0 Å². The Labute approximate surface area is 164 Å². The van der Waals surface area contributed by atoms with E-state index < -0.39 is 11.9 Å². The second kappa shape index (κ2) is 9.54. The van der Waals surface area contributed by atoms with Gasteiger partial charge in [-0.1, -0.05) is 28.1 Å². The molecule has 2 aromatic carbocycles. The normalized spacial score (nSPS) is 10.3. The maximum atomic E-state index is 11.9. The summed E-state index contributed by atoms with van der Waals surface area (Å²) in [6.07, 6.45) is 0. The molecular weight excluding hydrogens is 418 g/mol. The molecule has 0 aliphatic carbocycles. The molecule has 0 aliphatic rings. The second-order valence-corrected chi connectivity index (χ2v) is 7.48. The number of carbonyl (C=O) groups is 3. The lowest BCUT2D eigenvalue weighted by Gasteiger charge is -2.08. The zero-order chi connectivity index (χ0) is 19.1. The third-order valence-electron chi connectivity index (χ3n) is 3.40. The monoisotopic (exact) mass is 435 g/mol. The van der Waals surface area contributed by atoms with Crippen LogP contribution >= 0.6 is 27.7 Å². The van der Waals surface area contributed by atoms with Crippen molar-refractivity contribution in [3.63, 3.8) is 0 Å². The molecule has 26 heavy (non-hydrogen) atoms. The highest BCUT2D eigenvalue weighted by Crippen LogP contribution is 2.25. The quantitative estimate of drug-likeness (QED) is 0.400. The van der Waals surface area contributed by atoms with E-state index in [1.54, 1.807) is 24.3 Å². The molecule has 0 heterocycles. The molecule has 0 radical (unpaired) electrons. The molecule has 0 aromatic heterocycles. The molecule has 136 valence electrons. The number of carbonyl (C=O) groups excluding carboxylic acids is 3. The van der Waals surface area contributed by atoms with E-state index in [2.05, 4.69) is 21.2 Å². The highest BCUT2D eigenvalue weighted by Gasteiger charge is 2.10. The molecule has 1 N–H and O–H groups in total. The molecule has 0 spiro atoms. The van der Waals surface area contributed by atoms with Crippen molar-refractivity contribution in [3.8, 4) is 0 Å². The van der Waals surface area contributed by atoms with Gasteiger partial charge in [0.25, 0.3) is 5.91 Å². The molecular formula is C19H18BrNO4S. The minimum atomic E-state index is -0.468. The van der Waals surface area contributed by atoms with Crippen molar-refractivity contribution in [2.24, 2.45) is 0 Å². The number of halogens is 1. The summed E-state index contributed by atoms with van der Waals surface area (Å²) in [4.78, 5) is 36.0. The Kier molecular flexibility index (Phi) is 7.41. The van der Waals surface area contributed by atoms with Crippen LogP contribution in [0.5, 0.6) is 0 Å². The SMILES string of the molecule is CC(=O)c1cccc(NC(=O)COC(=O)CSc2ccc(Br)cc2C)c1. The van der Waals surface area contributed by atoms with Gasteiger partial charge in [0, 0.05) is 20.6 Å². The summed E-state index contributed by atoms with van der Waals surface area (Å²) in [6, 6.07) is 12.4. The average molecular weight is 436 g/mol. The number of esters is 1. The summed E-state index contributed by atoms with van der Waals surface area (Å²) >= 11 is 4.75. The van der Waals surface area contributed by atoms with Gasteiger partial charge in [0.15, 0.2) is 12.4 Å². The fraction of sp³-hybridized carbons (Fsp3) is 0.211. The van der Waals surface area contributed by atoms with E-state index in [0.29, 0.717) is 11.3 Å². The molecule has 2 rings (SSSR count). The molecule has 0 bridgehead atoms. The molecule has 2 aromatic rings. The van der Waals surface area contributed by atoms with E-state index in [1.165, 1.54) is 18.7 Å². The second-order valence-electron chi connectivity index (χ2n) is 5.54. The van der Waals surface area contributed by atoms with Crippen molar-refractivity contribution in [2.75, 3.05) is 17.7 Å². The largest absolute Gasteiger partial charge is 0.455 e. The first-order chi connectivity index (χ1) is 12.3. The third-order valence-corrected chi connectivity index (χ3v) is 5.04. The van der Waals surface area contributed by atoms with E-state index in [1.807, 2.05) is 25.1 Å². The minimum absolute atomic E-state index is 0.0900. The fourth-order valence-corrected chi connectivity index (χ4v) is 3.40. The molecule has 0 saturated heterocycles. The van der Waals surface area contributed by atoms with Gasteiger partial charge in [0.05, 0.1) is 5.75 Å². The topological polar surface area (TPSA) is 72.5 Å². The molecule has 1 amide bonds. The van der Waals surface area contributed by atoms with Crippen LogP contribution in [-0.4, -0.2) is 30.0 Å². The van der Waals surface area contributed by atoms with E-state index in [-0.39, 0.29) is 18.1 Å². The first kappa shape index (κ1) is 20.2. The summed E-state index contributed by atoms with van der Waals surface area (Å²) < 4.78 is 5.97. The number of Topliss-reactive ketones (excluding diaryl/α,β-unsaturated/α-hetero) is 1. The van der Waals surface area contributed by atoms with Gasteiger partial charge in [0.2, 0.25) is 0 Å². The number of hydrogen-bond donors (Lipinski definition) is 1. The van der Waals surface area contributed by atoms with Gasteiger partial charge in [-0.15, -0.1) is 11.8 Å². The van der Waals surface area contributed by atoms with Gasteiger partial charge >= 0.3 is 5.97 Å². The Morgan fingerprint density at radius 1 is 1.15 bits per heavy atom. The minimum Gasteiger partial charge on any atom is -0.455 e. The standard InChI is InChI=1S/C19H18BrNO4S/c1-12-8-15(20)6-7-17(12)26-11-19(24)25-10-18(23)21-16-5-3-4-14(9-16)13(2)22/h3-9H,10-11H2,1-2H3,(H,21,23). The number of hydrogen-bond acceptors (Lipinski definition) is 5. The molecule has 0 aliphatic heterocycles. The lowest BCUT2D eigenvalue weighted by molar-refractivity contribution is -0.144. The Bertz CT molecular complexity index is 838. The lowest BCUT2D eigenvalue weighted by atomic mass is 10.1. The highest BCUT2D eigenvalue weighted by atomic mass is 79.9. The maximum Gasteiger partial charge on any atom is 0.316 e. The van der Waals surface area contributed by atoms with Gasteiger partial charge in [-0.05, 0) is 49.7 Å². The van der Waals surface area contributed by atoms with Crippen LogP contribution in [0.3, 0.4) is 0 Å². The van der Waals surface area contributed by atoms with Crippen LogP contribution in [0.2, 0.25) is 0 Å². The van der Waals surface area contributed by atoms with Crippen molar-refractivity contribution in [2.45, 2.75) is 18.7 Å². The Balaban J connectivity index is 1.78. The van der Waals surface area contributed by atoms with Crippen molar-refractivity contribution in [1.82, 2.24) is 0 Å². The summed E-state index contributed by atoms with van der Waals surface area (Å²) in [5.41, 5.74) is 2.04. The van der Waals surface area contributed by atoms with Crippen molar-refractivity contribution >= 4 is 51.0 Å². The average Bonchev–Trinajstić information content (AvgIpc) is 2.59. The van der Waals surface area contributed by atoms with Crippen LogP contribution in [0, 0.1) is 6.92 Å². The fourth-order valence-electron chi connectivity index (χ4n) is 2.11. The van der Waals surface area contributed by atoms with Gasteiger partial charge in [0.1, 0.15) is 0 Å². The molecule has 0 saturated carbocycles. The first-order valence-electron chi connectivity index (χ1n) is 7.80. The van der Waals surface area contributed by atoms with Crippen molar-refractivity contribution in [1.29, 1.82) is 0 Å². The van der Waals surface area contributed by atoms with E-state index in [9.17, 15) is 14.4 Å². The number of amides is 1. The Hall–Kier alpha value is -2.12. The third kappa shape index (κ3) is 6.31. The Morgan fingerprint density at radius 3 is 2.62 bits per heavy atom.